The van der Waals surface area contributed by atoms with E-state index in [2.05, 4.69) is 12.1 Å². The Kier molecular flexibility index (Phi) is 4.04. The number of thioether (sulfide) groups is 1. The molecule has 1 nitrogen and oxygen atoms in total. The molecule has 2 rings (SSSR count). The highest BCUT2D eigenvalue weighted by atomic mass is 32.2. The molecule has 0 radical (unpaired) electrons. The van der Waals surface area contributed by atoms with E-state index in [0.29, 0.717) is 5.69 Å². The van der Waals surface area contributed by atoms with Gasteiger partial charge in [0.1, 0.15) is 5.82 Å². The van der Waals surface area contributed by atoms with Gasteiger partial charge in [0.25, 0.3) is 0 Å². The summed E-state index contributed by atoms with van der Waals surface area (Å²) in [7, 11) is 0. The molecule has 0 fully saturated rings. The van der Waals surface area contributed by atoms with Crippen LogP contribution in [0.15, 0.2) is 53.4 Å². The molecule has 3 heteroatoms. The fourth-order valence-corrected chi connectivity index (χ4v) is 2.52. The summed E-state index contributed by atoms with van der Waals surface area (Å²) >= 11 is 1.66. The van der Waals surface area contributed by atoms with Crippen LogP contribution >= 0.6 is 11.8 Å². The van der Waals surface area contributed by atoms with E-state index in [1.165, 1.54) is 17.7 Å². The summed E-state index contributed by atoms with van der Waals surface area (Å²) in [6, 6.07) is 14.8. The van der Waals surface area contributed by atoms with Crippen molar-refractivity contribution in [3.8, 4) is 0 Å². The second kappa shape index (κ2) is 5.73. The maximum absolute atomic E-state index is 12.8. The second-order valence-corrected chi connectivity index (χ2v) is 4.90. The van der Waals surface area contributed by atoms with E-state index in [4.69, 9.17) is 5.73 Å². The molecule has 2 aromatic carbocycles. The monoisotopic (exact) mass is 247 g/mol. The van der Waals surface area contributed by atoms with Gasteiger partial charge in [-0.15, -0.1) is 11.8 Å². The molecular formula is C14H14FNS. The second-order valence-electron chi connectivity index (χ2n) is 3.77. The maximum atomic E-state index is 12.8. The van der Waals surface area contributed by atoms with Gasteiger partial charge >= 0.3 is 0 Å². The Morgan fingerprint density at radius 2 is 1.82 bits per heavy atom. The van der Waals surface area contributed by atoms with Crippen molar-refractivity contribution >= 4 is 17.4 Å². The highest BCUT2D eigenvalue weighted by molar-refractivity contribution is 7.99. The van der Waals surface area contributed by atoms with E-state index in [1.807, 2.05) is 18.2 Å². The SMILES string of the molecule is Nc1cc(F)ccc1SCCc1ccccc1. The first kappa shape index (κ1) is 12.0. The van der Waals surface area contributed by atoms with Crippen LogP contribution < -0.4 is 5.73 Å². The maximum Gasteiger partial charge on any atom is 0.125 e. The van der Waals surface area contributed by atoms with Crippen LogP contribution in [0.4, 0.5) is 10.1 Å². The molecule has 0 atom stereocenters. The number of hydrogen-bond acceptors (Lipinski definition) is 2. The Bertz CT molecular complexity index is 485. The van der Waals surface area contributed by atoms with Gasteiger partial charge in [0.2, 0.25) is 0 Å². The van der Waals surface area contributed by atoms with E-state index in [9.17, 15) is 4.39 Å². The van der Waals surface area contributed by atoms with Crippen LogP contribution in [0, 0.1) is 5.82 Å². The van der Waals surface area contributed by atoms with Gasteiger partial charge in [-0.25, -0.2) is 4.39 Å². The Hall–Kier alpha value is -1.48. The number of rotatable bonds is 4. The molecule has 88 valence electrons. The van der Waals surface area contributed by atoms with Crippen LogP contribution in [0.2, 0.25) is 0 Å². The molecule has 0 bridgehead atoms. The standard InChI is InChI=1S/C14H14FNS/c15-12-6-7-14(13(16)10-12)17-9-8-11-4-2-1-3-5-11/h1-7,10H,8-9,16H2. The zero-order valence-corrected chi connectivity index (χ0v) is 10.2. The largest absolute Gasteiger partial charge is 0.398 e. The molecule has 17 heavy (non-hydrogen) atoms. The lowest BCUT2D eigenvalue weighted by Crippen LogP contribution is -1.92. The number of hydrogen-bond donors (Lipinski definition) is 1. The molecule has 0 saturated heterocycles. The molecule has 0 aliphatic carbocycles. The van der Waals surface area contributed by atoms with Crippen molar-refractivity contribution in [2.45, 2.75) is 11.3 Å². The summed E-state index contributed by atoms with van der Waals surface area (Å²) in [5.41, 5.74) is 7.56. The third-order valence-corrected chi connectivity index (χ3v) is 3.55. The third-order valence-electron chi connectivity index (χ3n) is 2.46. The number of aryl methyl sites for hydroxylation is 1. The molecule has 2 aromatic rings. The van der Waals surface area contributed by atoms with Crippen molar-refractivity contribution in [3.63, 3.8) is 0 Å². The quantitative estimate of drug-likeness (QED) is 0.658. The molecule has 2 N–H and O–H groups in total. The van der Waals surface area contributed by atoms with Crippen LogP contribution in [-0.4, -0.2) is 5.75 Å². The summed E-state index contributed by atoms with van der Waals surface area (Å²) in [6.45, 7) is 0. The summed E-state index contributed by atoms with van der Waals surface area (Å²) in [4.78, 5) is 0.947. The molecule has 0 unspecified atom stereocenters. The first-order valence-corrected chi connectivity index (χ1v) is 6.46. The Morgan fingerprint density at radius 1 is 1.06 bits per heavy atom. The molecule has 0 aliphatic rings. The van der Waals surface area contributed by atoms with Crippen LogP contribution in [0.1, 0.15) is 5.56 Å². The van der Waals surface area contributed by atoms with E-state index in [0.717, 1.165) is 17.1 Å². The summed E-state index contributed by atoms with van der Waals surface area (Å²) < 4.78 is 12.8. The van der Waals surface area contributed by atoms with Gasteiger partial charge in [-0.2, -0.15) is 0 Å². The summed E-state index contributed by atoms with van der Waals surface area (Å²) in [5, 5.41) is 0. The van der Waals surface area contributed by atoms with Crippen LogP contribution in [0.5, 0.6) is 0 Å². The van der Waals surface area contributed by atoms with E-state index < -0.39 is 0 Å². The molecule has 0 aromatic heterocycles. The van der Waals surface area contributed by atoms with Crippen molar-refractivity contribution in [2.75, 3.05) is 11.5 Å². The zero-order valence-electron chi connectivity index (χ0n) is 9.40. The average Bonchev–Trinajstić information content (AvgIpc) is 2.33. The first-order chi connectivity index (χ1) is 8.25. The smallest absolute Gasteiger partial charge is 0.125 e. The summed E-state index contributed by atoms with van der Waals surface area (Å²) in [5.74, 6) is 0.662. The van der Waals surface area contributed by atoms with Gasteiger partial charge in [-0.1, -0.05) is 30.3 Å². The predicted molar refractivity (Wildman–Crippen MR) is 71.7 cm³/mol. The van der Waals surface area contributed by atoms with Crippen molar-refractivity contribution in [2.24, 2.45) is 0 Å². The number of anilines is 1. The fourth-order valence-electron chi connectivity index (χ4n) is 1.57. The van der Waals surface area contributed by atoms with Crippen molar-refractivity contribution < 1.29 is 4.39 Å². The van der Waals surface area contributed by atoms with Gasteiger partial charge in [0, 0.05) is 16.3 Å². The van der Waals surface area contributed by atoms with Gasteiger partial charge in [0.05, 0.1) is 0 Å². The van der Waals surface area contributed by atoms with Crippen molar-refractivity contribution in [3.05, 3.63) is 59.9 Å². The normalized spacial score (nSPS) is 10.4. The van der Waals surface area contributed by atoms with Crippen LogP contribution in [0.3, 0.4) is 0 Å². The highest BCUT2D eigenvalue weighted by Gasteiger charge is 2.01. The minimum Gasteiger partial charge on any atom is -0.398 e. The van der Waals surface area contributed by atoms with Gasteiger partial charge in [-0.05, 0) is 30.2 Å². The predicted octanol–water partition coefficient (Wildman–Crippen LogP) is 3.74. The Morgan fingerprint density at radius 3 is 2.53 bits per heavy atom. The van der Waals surface area contributed by atoms with Crippen molar-refractivity contribution in [1.29, 1.82) is 0 Å². The summed E-state index contributed by atoms with van der Waals surface area (Å²) in [6.07, 6.45) is 0.988. The third kappa shape index (κ3) is 3.49. The highest BCUT2D eigenvalue weighted by Crippen LogP contribution is 2.26. The molecule has 0 heterocycles. The Balaban J connectivity index is 1.90. The van der Waals surface area contributed by atoms with Gasteiger partial charge in [-0.3, -0.25) is 0 Å². The number of nitrogen functional groups attached to an aromatic ring is 1. The lowest BCUT2D eigenvalue weighted by atomic mass is 10.2. The van der Waals surface area contributed by atoms with Crippen LogP contribution in [-0.2, 0) is 6.42 Å². The number of benzene rings is 2. The molecule has 0 spiro atoms. The topological polar surface area (TPSA) is 26.0 Å². The van der Waals surface area contributed by atoms with Gasteiger partial charge in [0.15, 0.2) is 0 Å². The lowest BCUT2D eigenvalue weighted by Gasteiger charge is -2.05. The van der Waals surface area contributed by atoms with E-state index in [-0.39, 0.29) is 5.82 Å². The van der Waals surface area contributed by atoms with Crippen LogP contribution in [0.25, 0.3) is 0 Å². The van der Waals surface area contributed by atoms with Gasteiger partial charge < -0.3 is 5.73 Å². The number of halogens is 1. The fraction of sp³-hybridized carbons (Fsp3) is 0.143. The minimum atomic E-state index is -0.282. The zero-order chi connectivity index (χ0) is 12.1. The molecular weight excluding hydrogens is 233 g/mol. The molecule has 0 aliphatic heterocycles. The Labute approximate surface area is 105 Å². The number of nitrogens with two attached hydrogens (primary N) is 1. The van der Waals surface area contributed by atoms with E-state index in [1.54, 1.807) is 17.8 Å². The molecule has 0 saturated carbocycles. The average molecular weight is 247 g/mol. The van der Waals surface area contributed by atoms with Crippen molar-refractivity contribution in [1.82, 2.24) is 0 Å². The lowest BCUT2D eigenvalue weighted by molar-refractivity contribution is 0.627. The molecule has 0 amide bonds. The minimum absolute atomic E-state index is 0.282. The van der Waals surface area contributed by atoms with E-state index >= 15 is 0 Å². The first-order valence-electron chi connectivity index (χ1n) is 5.47.